The summed E-state index contributed by atoms with van der Waals surface area (Å²) < 4.78 is 0. The molecule has 0 saturated heterocycles. The largest absolute Gasteiger partial charge is 0.384 e. The van der Waals surface area contributed by atoms with E-state index in [4.69, 9.17) is 11.1 Å². The zero-order chi connectivity index (χ0) is 15.5. The van der Waals surface area contributed by atoms with Gasteiger partial charge in [0.2, 0.25) is 0 Å². The van der Waals surface area contributed by atoms with E-state index in [-0.39, 0.29) is 5.84 Å². The van der Waals surface area contributed by atoms with Crippen molar-refractivity contribution in [3.63, 3.8) is 0 Å². The highest BCUT2D eigenvalue weighted by molar-refractivity contribution is 6.03. The lowest BCUT2D eigenvalue weighted by atomic mass is 10.1. The molecule has 3 nitrogen and oxygen atoms in total. The van der Waals surface area contributed by atoms with Crippen molar-refractivity contribution in [2.24, 2.45) is 5.73 Å². The minimum atomic E-state index is 0.0919. The number of para-hydroxylation sites is 1. The molecule has 0 fully saturated rings. The van der Waals surface area contributed by atoms with E-state index in [1.807, 2.05) is 30.3 Å². The summed E-state index contributed by atoms with van der Waals surface area (Å²) in [5, 5.41) is 10.2. The third-order valence-corrected chi connectivity index (χ3v) is 3.86. The molecule has 0 aliphatic heterocycles. The van der Waals surface area contributed by atoms with Crippen molar-refractivity contribution in [2.45, 2.75) is 6.92 Å². The average Bonchev–Trinajstić information content (AvgIpc) is 2.56. The zero-order valence-corrected chi connectivity index (χ0v) is 12.6. The van der Waals surface area contributed by atoms with Gasteiger partial charge in [0.25, 0.3) is 0 Å². The first-order valence-corrected chi connectivity index (χ1v) is 7.41. The topological polar surface area (TPSA) is 53.1 Å². The van der Waals surface area contributed by atoms with Gasteiger partial charge in [0.1, 0.15) is 5.84 Å². The minimum absolute atomic E-state index is 0.0919. The van der Waals surface area contributed by atoms with Crippen LogP contribution in [0.25, 0.3) is 10.8 Å². The molecule has 0 aliphatic rings. The molecule has 3 aromatic carbocycles. The molecule has 0 amide bonds. The second-order valence-corrected chi connectivity index (χ2v) is 5.17. The van der Waals surface area contributed by atoms with Crippen LogP contribution >= 0.6 is 0 Å². The number of nitrogen functional groups attached to an aromatic ring is 1. The summed E-state index contributed by atoms with van der Waals surface area (Å²) in [7, 11) is 0. The number of anilines is 2. The molecular weight excluding hydrogens is 270 g/mol. The maximum atomic E-state index is 7.82. The van der Waals surface area contributed by atoms with Crippen molar-refractivity contribution in [3.8, 4) is 0 Å². The Hall–Kier alpha value is -2.81. The smallest absolute Gasteiger partial charge is 0.124 e. The Balaban J connectivity index is 2.21. The van der Waals surface area contributed by atoms with Gasteiger partial charge in [-0.05, 0) is 30.5 Å². The summed E-state index contributed by atoms with van der Waals surface area (Å²) in [6, 6.07) is 22.4. The lowest BCUT2D eigenvalue weighted by Gasteiger charge is -2.27. The predicted molar refractivity (Wildman–Crippen MR) is 94.1 cm³/mol. The SMILES string of the molecule is CCN(c1ccccc1C(=N)N)c1cccc2ccccc12. The van der Waals surface area contributed by atoms with Crippen LogP contribution in [0, 0.1) is 5.41 Å². The number of fused-ring (bicyclic) bond motifs is 1. The normalized spacial score (nSPS) is 10.6. The molecule has 0 aliphatic carbocycles. The highest BCUT2D eigenvalue weighted by Crippen LogP contribution is 2.33. The average molecular weight is 289 g/mol. The molecule has 0 saturated carbocycles. The van der Waals surface area contributed by atoms with E-state index < -0.39 is 0 Å². The number of nitrogens with zero attached hydrogens (tertiary/aromatic N) is 1. The van der Waals surface area contributed by atoms with Crippen LogP contribution in [0.2, 0.25) is 0 Å². The summed E-state index contributed by atoms with van der Waals surface area (Å²) in [4.78, 5) is 2.21. The van der Waals surface area contributed by atoms with Crippen LogP contribution in [-0.2, 0) is 0 Å². The van der Waals surface area contributed by atoms with Gasteiger partial charge in [-0.1, -0.05) is 48.5 Å². The molecule has 3 N–H and O–H groups in total. The quantitative estimate of drug-likeness (QED) is 0.556. The van der Waals surface area contributed by atoms with Gasteiger partial charge in [-0.15, -0.1) is 0 Å². The standard InChI is InChI=1S/C19H19N3/c1-2-22(18-12-6-5-11-16(18)19(20)21)17-13-7-9-14-8-3-4-10-15(14)17/h3-13H,2H2,1H3,(H3,20,21). The molecular formula is C19H19N3. The first-order valence-electron chi connectivity index (χ1n) is 7.41. The van der Waals surface area contributed by atoms with E-state index in [0.717, 1.165) is 23.5 Å². The molecule has 3 heteroatoms. The van der Waals surface area contributed by atoms with Gasteiger partial charge in [0, 0.05) is 23.2 Å². The van der Waals surface area contributed by atoms with Crippen LogP contribution in [0.1, 0.15) is 12.5 Å². The van der Waals surface area contributed by atoms with E-state index in [0.29, 0.717) is 0 Å². The highest BCUT2D eigenvalue weighted by Gasteiger charge is 2.14. The predicted octanol–water partition coefficient (Wildman–Crippen LogP) is 4.28. The Morgan fingerprint density at radius 3 is 2.32 bits per heavy atom. The van der Waals surface area contributed by atoms with Gasteiger partial charge in [-0.3, -0.25) is 5.41 Å². The number of amidine groups is 1. The molecule has 0 atom stereocenters. The van der Waals surface area contributed by atoms with Gasteiger partial charge in [-0.2, -0.15) is 0 Å². The Kier molecular flexibility index (Phi) is 3.79. The Labute approximate surface area is 130 Å². The number of rotatable bonds is 4. The molecule has 22 heavy (non-hydrogen) atoms. The molecule has 0 unspecified atom stereocenters. The van der Waals surface area contributed by atoms with Crippen molar-refractivity contribution in [2.75, 3.05) is 11.4 Å². The molecule has 0 bridgehead atoms. The summed E-state index contributed by atoms with van der Waals surface area (Å²) in [6.45, 7) is 2.91. The second-order valence-electron chi connectivity index (χ2n) is 5.17. The van der Waals surface area contributed by atoms with Crippen molar-refractivity contribution < 1.29 is 0 Å². The maximum absolute atomic E-state index is 7.82. The van der Waals surface area contributed by atoms with E-state index in [1.165, 1.54) is 10.8 Å². The summed E-state index contributed by atoms with van der Waals surface area (Å²) in [6.07, 6.45) is 0. The minimum Gasteiger partial charge on any atom is -0.384 e. The van der Waals surface area contributed by atoms with Gasteiger partial charge >= 0.3 is 0 Å². The van der Waals surface area contributed by atoms with Gasteiger partial charge in [0.15, 0.2) is 0 Å². The summed E-state index contributed by atoms with van der Waals surface area (Å²) in [5.41, 5.74) is 8.62. The summed E-state index contributed by atoms with van der Waals surface area (Å²) >= 11 is 0. The molecule has 0 aromatic heterocycles. The Morgan fingerprint density at radius 1 is 0.909 bits per heavy atom. The van der Waals surface area contributed by atoms with Crippen LogP contribution in [0.15, 0.2) is 66.7 Å². The lowest BCUT2D eigenvalue weighted by molar-refractivity contribution is 1.03. The summed E-state index contributed by atoms with van der Waals surface area (Å²) in [5.74, 6) is 0.0919. The van der Waals surface area contributed by atoms with E-state index in [9.17, 15) is 0 Å². The molecule has 0 spiro atoms. The molecule has 3 rings (SSSR count). The number of hydrogen-bond donors (Lipinski definition) is 2. The molecule has 110 valence electrons. The van der Waals surface area contributed by atoms with E-state index in [2.05, 4.69) is 48.2 Å². The van der Waals surface area contributed by atoms with Crippen molar-refractivity contribution in [1.29, 1.82) is 5.41 Å². The molecule has 0 heterocycles. The van der Waals surface area contributed by atoms with Crippen LogP contribution in [0.5, 0.6) is 0 Å². The Bertz CT molecular complexity index is 818. The van der Waals surface area contributed by atoms with Crippen LogP contribution in [0.3, 0.4) is 0 Å². The fourth-order valence-electron chi connectivity index (χ4n) is 2.85. The van der Waals surface area contributed by atoms with Gasteiger partial charge < -0.3 is 10.6 Å². The number of hydrogen-bond acceptors (Lipinski definition) is 2. The number of benzene rings is 3. The second kappa shape index (κ2) is 5.90. The zero-order valence-electron chi connectivity index (χ0n) is 12.6. The van der Waals surface area contributed by atoms with Crippen LogP contribution in [0.4, 0.5) is 11.4 Å². The first kappa shape index (κ1) is 14.1. The van der Waals surface area contributed by atoms with Crippen molar-refractivity contribution in [3.05, 3.63) is 72.3 Å². The number of nitrogens with one attached hydrogen (secondary N) is 1. The lowest BCUT2D eigenvalue weighted by Crippen LogP contribution is -2.22. The van der Waals surface area contributed by atoms with Crippen molar-refractivity contribution in [1.82, 2.24) is 0 Å². The first-order chi connectivity index (χ1) is 10.7. The maximum Gasteiger partial charge on any atom is 0.124 e. The Morgan fingerprint density at radius 2 is 1.55 bits per heavy atom. The van der Waals surface area contributed by atoms with E-state index >= 15 is 0 Å². The third-order valence-electron chi connectivity index (χ3n) is 3.86. The fourth-order valence-corrected chi connectivity index (χ4v) is 2.85. The fraction of sp³-hybridized carbons (Fsp3) is 0.105. The highest BCUT2D eigenvalue weighted by atomic mass is 15.1. The molecule has 3 aromatic rings. The van der Waals surface area contributed by atoms with Crippen LogP contribution in [-0.4, -0.2) is 12.4 Å². The van der Waals surface area contributed by atoms with E-state index in [1.54, 1.807) is 0 Å². The monoisotopic (exact) mass is 289 g/mol. The molecule has 0 radical (unpaired) electrons. The van der Waals surface area contributed by atoms with Crippen molar-refractivity contribution >= 4 is 28.0 Å². The van der Waals surface area contributed by atoms with Crippen LogP contribution < -0.4 is 10.6 Å². The third kappa shape index (κ3) is 2.42. The van der Waals surface area contributed by atoms with Gasteiger partial charge in [0.05, 0.1) is 5.69 Å². The van der Waals surface area contributed by atoms with Gasteiger partial charge in [-0.25, -0.2) is 0 Å². The number of nitrogens with two attached hydrogens (primary N) is 1.